The van der Waals surface area contributed by atoms with Gasteiger partial charge in [-0.15, -0.1) is 0 Å². The summed E-state index contributed by atoms with van der Waals surface area (Å²) < 4.78 is 32.2. The predicted octanol–water partition coefficient (Wildman–Crippen LogP) is 1.50. The first kappa shape index (κ1) is 23.0. The summed E-state index contributed by atoms with van der Waals surface area (Å²) in [6.45, 7) is 2.63. The molecule has 2 heterocycles. The highest BCUT2D eigenvalue weighted by Gasteiger charge is 2.29. The van der Waals surface area contributed by atoms with E-state index in [1.54, 1.807) is 21.1 Å². The molecule has 0 aliphatic carbocycles. The second kappa shape index (κ2) is 9.97. The summed E-state index contributed by atoms with van der Waals surface area (Å²) in [6, 6.07) is 2.92. The number of aromatic nitrogens is 1. The molecule has 0 radical (unpaired) electrons. The molecular weight excluding hydrogens is 400 g/mol. The molecule has 2 aromatic rings. The molecule has 1 aromatic heterocycles. The number of nitrogens with zero attached hydrogens (tertiary/aromatic N) is 2. The highest BCUT2D eigenvalue weighted by atomic mass is 19.1. The highest BCUT2D eigenvalue weighted by Crippen LogP contribution is 2.20. The Morgan fingerprint density at radius 1 is 1.23 bits per heavy atom. The van der Waals surface area contributed by atoms with Gasteiger partial charge in [0.15, 0.2) is 11.4 Å². The van der Waals surface area contributed by atoms with Crippen LogP contribution in [0.2, 0.25) is 0 Å². The van der Waals surface area contributed by atoms with Crippen molar-refractivity contribution in [3.8, 4) is 5.75 Å². The summed E-state index contributed by atoms with van der Waals surface area (Å²) in [5, 5.41) is 12.5. The first-order valence-electron chi connectivity index (χ1n) is 9.13. The monoisotopic (exact) mass is 423 g/mol. The van der Waals surface area contributed by atoms with Gasteiger partial charge in [0.1, 0.15) is 17.2 Å². The van der Waals surface area contributed by atoms with Crippen LogP contribution in [0.15, 0.2) is 29.2 Å². The molecule has 0 saturated heterocycles. The maximum absolute atomic E-state index is 13.6. The molecule has 0 saturated carbocycles. The Bertz CT molecular complexity index is 1010. The largest absolute Gasteiger partial charge is 0.503 e. The molecule has 0 bridgehead atoms. The highest BCUT2D eigenvalue weighted by molar-refractivity contribution is 5.99. The Morgan fingerprint density at radius 3 is 2.50 bits per heavy atom. The van der Waals surface area contributed by atoms with Crippen molar-refractivity contribution in [2.24, 2.45) is 0 Å². The summed E-state index contributed by atoms with van der Waals surface area (Å²) in [6.07, 6.45) is 1.21. The molecule has 2 N–H and O–H groups in total. The lowest BCUT2D eigenvalue weighted by Crippen LogP contribution is -2.42. The molecule has 162 valence electrons. The normalized spacial score (nSPS) is 12.7. The Labute approximate surface area is 171 Å². The SMILES string of the molecule is CCN1CCn2cc(C(=O)NCc3ccc(F)cc3F)c(=O)c(O)c2C1=O.COC. The predicted molar refractivity (Wildman–Crippen MR) is 104 cm³/mol. The average molecular weight is 423 g/mol. The third-order valence-electron chi connectivity index (χ3n) is 4.44. The topological polar surface area (TPSA) is 101 Å². The zero-order valence-electron chi connectivity index (χ0n) is 16.9. The van der Waals surface area contributed by atoms with E-state index >= 15 is 0 Å². The standard InChI is InChI=1S/C18H17F2N3O4.C2H6O/c1-2-22-5-6-23-9-12(15(24)16(25)14(23)18(22)27)17(26)21-8-10-3-4-11(19)7-13(10)20;1-3-2/h3-4,7,9,25H,2,5-6,8H2,1H3,(H,21,26);1-2H3. The fourth-order valence-corrected chi connectivity index (χ4v) is 2.93. The number of aromatic hydroxyl groups is 1. The number of fused-ring (bicyclic) bond motifs is 1. The van der Waals surface area contributed by atoms with Crippen molar-refractivity contribution in [2.75, 3.05) is 27.3 Å². The first-order valence-corrected chi connectivity index (χ1v) is 9.13. The number of amides is 2. The van der Waals surface area contributed by atoms with E-state index in [0.717, 1.165) is 6.07 Å². The van der Waals surface area contributed by atoms with E-state index in [4.69, 9.17) is 0 Å². The van der Waals surface area contributed by atoms with E-state index in [-0.39, 0.29) is 23.4 Å². The molecule has 1 aliphatic rings. The zero-order chi connectivity index (χ0) is 22.4. The number of halogens is 2. The van der Waals surface area contributed by atoms with E-state index in [9.17, 15) is 28.3 Å². The summed E-state index contributed by atoms with van der Waals surface area (Å²) in [5.74, 6) is -3.69. The third kappa shape index (κ3) is 4.82. The van der Waals surface area contributed by atoms with Crippen molar-refractivity contribution in [1.29, 1.82) is 0 Å². The van der Waals surface area contributed by atoms with Gasteiger partial charge in [-0.3, -0.25) is 14.4 Å². The fraction of sp³-hybridized carbons (Fsp3) is 0.350. The maximum Gasteiger partial charge on any atom is 0.274 e. The molecule has 3 rings (SSSR count). The van der Waals surface area contributed by atoms with E-state index in [1.165, 1.54) is 21.7 Å². The minimum atomic E-state index is -0.982. The van der Waals surface area contributed by atoms with Gasteiger partial charge in [-0.05, 0) is 13.0 Å². The molecule has 30 heavy (non-hydrogen) atoms. The number of hydrogen-bond acceptors (Lipinski definition) is 5. The zero-order valence-corrected chi connectivity index (χ0v) is 16.9. The summed E-state index contributed by atoms with van der Waals surface area (Å²) in [7, 11) is 3.25. The molecule has 2 amide bonds. The Balaban J connectivity index is 0.00000101. The van der Waals surface area contributed by atoms with Crippen LogP contribution in [0.1, 0.15) is 33.3 Å². The van der Waals surface area contributed by atoms with E-state index in [1.807, 2.05) is 0 Å². The molecular formula is C20H23F2N3O5. The van der Waals surface area contributed by atoms with Crippen LogP contribution < -0.4 is 10.7 Å². The van der Waals surface area contributed by atoms with E-state index < -0.39 is 34.6 Å². The number of hydrogen-bond donors (Lipinski definition) is 2. The maximum atomic E-state index is 13.6. The smallest absolute Gasteiger partial charge is 0.274 e. The molecule has 1 aliphatic heterocycles. The quantitative estimate of drug-likeness (QED) is 0.776. The summed E-state index contributed by atoms with van der Waals surface area (Å²) in [5.41, 5.74) is -1.46. The number of methoxy groups -OCH3 is 1. The Hall–Kier alpha value is -3.27. The Morgan fingerprint density at radius 2 is 1.90 bits per heavy atom. The third-order valence-corrected chi connectivity index (χ3v) is 4.44. The summed E-state index contributed by atoms with van der Waals surface area (Å²) in [4.78, 5) is 38.4. The average Bonchev–Trinajstić information content (AvgIpc) is 2.70. The molecule has 0 spiro atoms. The molecule has 0 unspecified atom stereocenters. The number of carbonyl (C=O) groups excluding carboxylic acids is 2. The van der Waals surface area contributed by atoms with Gasteiger partial charge in [-0.2, -0.15) is 0 Å². The lowest BCUT2D eigenvalue weighted by atomic mass is 10.1. The number of pyridine rings is 1. The van der Waals surface area contributed by atoms with Crippen molar-refractivity contribution in [2.45, 2.75) is 20.0 Å². The van der Waals surface area contributed by atoms with Crippen molar-refractivity contribution in [3.63, 3.8) is 0 Å². The number of benzene rings is 1. The fourth-order valence-electron chi connectivity index (χ4n) is 2.93. The van der Waals surface area contributed by atoms with Gasteiger partial charge >= 0.3 is 0 Å². The van der Waals surface area contributed by atoms with Crippen LogP contribution in [0, 0.1) is 11.6 Å². The van der Waals surface area contributed by atoms with Crippen LogP contribution in [0.25, 0.3) is 0 Å². The first-order chi connectivity index (χ1) is 14.2. The van der Waals surface area contributed by atoms with Gasteiger partial charge in [0.2, 0.25) is 5.43 Å². The van der Waals surface area contributed by atoms with Crippen LogP contribution in [0.4, 0.5) is 8.78 Å². The van der Waals surface area contributed by atoms with Gasteiger partial charge in [0.05, 0.1) is 0 Å². The van der Waals surface area contributed by atoms with Crippen LogP contribution >= 0.6 is 0 Å². The second-order valence-corrected chi connectivity index (χ2v) is 6.47. The summed E-state index contributed by atoms with van der Waals surface area (Å²) >= 11 is 0. The van der Waals surface area contributed by atoms with Crippen LogP contribution in [-0.4, -0.2) is 53.7 Å². The van der Waals surface area contributed by atoms with Crippen molar-refractivity contribution in [3.05, 3.63) is 63.1 Å². The van der Waals surface area contributed by atoms with Gasteiger partial charge in [0.25, 0.3) is 11.8 Å². The van der Waals surface area contributed by atoms with Crippen LogP contribution in [0.5, 0.6) is 5.75 Å². The van der Waals surface area contributed by atoms with Gasteiger partial charge < -0.3 is 24.6 Å². The Kier molecular flexibility index (Phi) is 7.65. The van der Waals surface area contributed by atoms with Crippen molar-refractivity contribution >= 4 is 11.8 Å². The van der Waals surface area contributed by atoms with E-state index in [2.05, 4.69) is 10.1 Å². The number of rotatable bonds is 4. The van der Waals surface area contributed by atoms with Crippen molar-refractivity contribution < 1.29 is 28.2 Å². The van der Waals surface area contributed by atoms with Crippen LogP contribution in [0.3, 0.4) is 0 Å². The second-order valence-electron chi connectivity index (χ2n) is 6.47. The van der Waals surface area contributed by atoms with E-state index in [0.29, 0.717) is 25.7 Å². The number of ether oxygens (including phenoxy) is 1. The van der Waals surface area contributed by atoms with Crippen molar-refractivity contribution in [1.82, 2.24) is 14.8 Å². The molecule has 0 fully saturated rings. The minimum Gasteiger partial charge on any atom is -0.503 e. The molecule has 1 aromatic carbocycles. The number of likely N-dealkylation sites (N-methyl/N-ethyl adjacent to an activating group) is 1. The lowest BCUT2D eigenvalue weighted by Gasteiger charge is -2.29. The van der Waals surface area contributed by atoms with Gasteiger partial charge in [-0.25, -0.2) is 8.78 Å². The van der Waals surface area contributed by atoms with Gasteiger partial charge in [0, 0.05) is 58.2 Å². The number of nitrogens with one attached hydrogen (secondary N) is 1. The molecule has 10 heteroatoms. The molecule has 0 atom stereocenters. The minimum absolute atomic E-state index is 0.0424. The van der Waals surface area contributed by atoms with Crippen LogP contribution in [-0.2, 0) is 17.8 Å². The van der Waals surface area contributed by atoms with Gasteiger partial charge in [-0.1, -0.05) is 6.07 Å². The number of carbonyl (C=O) groups is 2. The lowest BCUT2D eigenvalue weighted by molar-refractivity contribution is 0.0705. The molecule has 8 nitrogen and oxygen atoms in total.